The topological polar surface area (TPSA) is 70.1 Å². The van der Waals surface area contributed by atoms with Crippen LogP contribution in [0.25, 0.3) is 5.69 Å². The molecule has 6 heteroatoms. The van der Waals surface area contributed by atoms with Gasteiger partial charge in [0.25, 0.3) is 5.91 Å². The van der Waals surface area contributed by atoms with Gasteiger partial charge >= 0.3 is 0 Å². The van der Waals surface area contributed by atoms with Crippen LogP contribution < -0.4 is 10.5 Å². The summed E-state index contributed by atoms with van der Waals surface area (Å²) in [6, 6.07) is 11.2. The second-order valence-electron chi connectivity index (χ2n) is 5.96. The van der Waals surface area contributed by atoms with E-state index in [0.29, 0.717) is 30.8 Å². The molecule has 0 aliphatic carbocycles. The standard InChI is InChI=1S/C19H16FN3O2/c20-17-15-6-9-25-18(15)13(11-16(17)19(21)24)10-12-2-4-14(5-3-12)23-8-1-7-22-23/h1-5,7-8,11H,6,9-10H2,(H2,21,24). The maximum Gasteiger partial charge on any atom is 0.251 e. The Morgan fingerprint density at radius 2 is 2.12 bits per heavy atom. The maximum atomic E-state index is 14.4. The molecule has 0 fully saturated rings. The minimum absolute atomic E-state index is 0.0765. The average Bonchev–Trinajstić information content (AvgIpc) is 3.29. The van der Waals surface area contributed by atoms with E-state index in [2.05, 4.69) is 5.10 Å². The van der Waals surface area contributed by atoms with Gasteiger partial charge in [-0.1, -0.05) is 12.1 Å². The monoisotopic (exact) mass is 337 g/mol. The van der Waals surface area contributed by atoms with E-state index in [9.17, 15) is 9.18 Å². The molecule has 0 bridgehead atoms. The van der Waals surface area contributed by atoms with Crippen molar-refractivity contribution in [2.75, 3.05) is 6.61 Å². The van der Waals surface area contributed by atoms with Crippen molar-refractivity contribution in [1.29, 1.82) is 0 Å². The van der Waals surface area contributed by atoms with Crippen LogP contribution in [-0.2, 0) is 12.8 Å². The summed E-state index contributed by atoms with van der Waals surface area (Å²) in [4.78, 5) is 11.5. The first-order chi connectivity index (χ1) is 12.1. The molecule has 2 aromatic carbocycles. The lowest BCUT2D eigenvalue weighted by Crippen LogP contribution is -2.15. The van der Waals surface area contributed by atoms with Crippen molar-refractivity contribution >= 4 is 5.91 Å². The fourth-order valence-electron chi connectivity index (χ4n) is 3.14. The molecular weight excluding hydrogens is 321 g/mol. The van der Waals surface area contributed by atoms with E-state index >= 15 is 0 Å². The van der Waals surface area contributed by atoms with Crippen LogP contribution in [-0.4, -0.2) is 22.3 Å². The van der Waals surface area contributed by atoms with E-state index in [-0.39, 0.29) is 5.56 Å². The first-order valence-electron chi connectivity index (χ1n) is 7.99. The highest BCUT2D eigenvalue weighted by Crippen LogP contribution is 2.35. The first kappa shape index (κ1) is 15.4. The van der Waals surface area contributed by atoms with Gasteiger partial charge in [0, 0.05) is 30.8 Å². The highest BCUT2D eigenvalue weighted by molar-refractivity contribution is 5.94. The highest BCUT2D eigenvalue weighted by Gasteiger charge is 2.25. The van der Waals surface area contributed by atoms with Gasteiger partial charge in [0.2, 0.25) is 0 Å². The number of hydrogen-bond acceptors (Lipinski definition) is 3. The first-order valence-corrected chi connectivity index (χ1v) is 7.99. The summed E-state index contributed by atoms with van der Waals surface area (Å²) >= 11 is 0. The van der Waals surface area contributed by atoms with Gasteiger partial charge in [-0.05, 0) is 35.4 Å². The Hall–Kier alpha value is -3.15. The van der Waals surface area contributed by atoms with Crippen LogP contribution in [0.3, 0.4) is 0 Å². The van der Waals surface area contributed by atoms with Gasteiger partial charge in [0.05, 0.1) is 17.9 Å². The van der Waals surface area contributed by atoms with Gasteiger partial charge in [-0.3, -0.25) is 4.79 Å². The fourth-order valence-corrected chi connectivity index (χ4v) is 3.14. The van der Waals surface area contributed by atoms with Crippen LogP contribution in [0.5, 0.6) is 5.75 Å². The van der Waals surface area contributed by atoms with Crippen molar-refractivity contribution in [3.05, 3.63) is 76.9 Å². The molecule has 4 rings (SSSR count). The normalized spacial score (nSPS) is 12.7. The van der Waals surface area contributed by atoms with Crippen molar-refractivity contribution in [3.63, 3.8) is 0 Å². The second-order valence-corrected chi connectivity index (χ2v) is 5.96. The molecule has 126 valence electrons. The van der Waals surface area contributed by atoms with Gasteiger partial charge in [-0.15, -0.1) is 0 Å². The molecule has 1 aliphatic heterocycles. The van der Waals surface area contributed by atoms with Crippen LogP contribution in [0.15, 0.2) is 48.8 Å². The number of carbonyl (C=O) groups excluding carboxylic acids is 1. The minimum Gasteiger partial charge on any atom is -0.493 e. The van der Waals surface area contributed by atoms with E-state index < -0.39 is 11.7 Å². The number of halogens is 1. The Kier molecular flexibility index (Phi) is 3.72. The number of ether oxygens (including phenoxy) is 1. The molecule has 1 aromatic heterocycles. The van der Waals surface area contributed by atoms with E-state index in [1.807, 2.05) is 36.5 Å². The zero-order valence-electron chi connectivity index (χ0n) is 13.4. The average molecular weight is 337 g/mol. The number of fused-ring (bicyclic) bond motifs is 1. The number of nitrogens with two attached hydrogens (primary N) is 1. The number of amides is 1. The summed E-state index contributed by atoms with van der Waals surface area (Å²) < 4.78 is 21.7. The smallest absolute Gasteiger partial charge is 0.251 e. The van der Waals surface area contributed by atoms with E-state index in [0.717, 1.165) is 16.8 Å². The third kappa shape index (κ3) is 2.76. The molecule has 0 radical (unpaired) electrons. The summed E-state index contributed by atoms with van der Waals surface area (Å²) in [7, 11) is 0. The summed E-state index contributed by atoms with van der Waals surface area (Å²) in [5.74, 6) is -0.779. The number of rotatable bonds is 4. The second kappa shape index (κ2) is 6.05. The van der Waals surface area contributed by atoms with Gasteiger partial charge in [0.15, 0.2) is 0 Å². The molecule has 2 N–H and O–H groups in total. The van der Waals surface area contributed by atoms with Crippen molar-refractivity contribution in [2.45, 2.75) is 12.8 Å². The third-order valence-corrected chi connectivity index (χ3v) is 4.35. The number of primary amides is 1. The van der Waals surface area contributed by atoms with Crippen molar-refractivity contribution in [1.82, 2.24) is 9.78 Å². The predicted octanol–water partition coefficient (Wildman–Crippen LogP) is 2.64. The molecule has 2 heterocycles. The minimum atomic E-state index is -0.762. The summed E-state index contributed by atoms with van der Waals surface area (Å²) in [5.41, 5.74) is 8.43. The van der Waals surface area contributed by atoms with Gasteiger partial charge in [-0.25, -0.2) is 9.07 Å². The molecule has 3 aromatic rings. The van der Waals surface area contributed by atoms with Crippen molar-refractivity contribution in [2.24, 2.45) is 5.73 Å². The van der Waals surface area contributed by atoms with Crippen molar-refractivity contribution < 1.29 is 13.9 Å². The number of benzene rings is 2. The zero-order valence-corrected chi connectivity index (χ0v) is 13.4. The summed E-state index contributed by atoms with van der Waals surface area (Å²) in [6.07, 6.45) is 4.57. The van der Waals surface area contributed by atoms with E-state index in [1.54, 1.807) is 10.9 Å². The van der Waals surface area contributed by atoms with Crippen LogP contribution in [0, 0.1) is 5.82 Å². The van der Waals surface area contributed by atoms with Crippen LogP contribution >= 0.6 is 0 Å². The molecular formula is C19H16FN3O2. The number of hydrogen-bond donors (Lipinski definition) is 1. The molecule has 0 atom stereocenters. The molecule has 5 nitrogen and oxygen atoms in total. The Morgan fingerprint density at radius 1 is 1.32 bits per heavy atom. The molecule has 1 amide bonds. The molecule has 0 unspecified atom stereocenters. The summed E-state index contributed by atoms with van der Waals surface area (Å²) in [6.45, 7) is 0.416. The largest absolute Gasteiger partial charge is 0.493 e. The molecule has 0 saturated carbocycles. The SMILES string of the molecule is NC(=O)c1cc(Cc2ccc(-n3cccn3)cc2)c2c(c1F)CCO2. The fraction of sp³-hybridized carbons (Fsp3) is 0.158. The number of nitrogens with zero attached hydrogens (tertiary/aromatic N) is 2. The highest BCUT2D eigenvalue weighted by atomic mass is 19.1. The summed E-state index contributed by atoms with van der Waals surface area (Å²) in [5, 5.41) is 4.19. The number of aromatic nitrogens is 2. The number of carbonyl (C=O) groups is 1. The molecule has 25 heavy (non-hydrogen) atoms. The van der Waals surface area contributed by atoms with Crippen LogP contribution in [0.2, 0.25) is 0 Å². The van der Waals surface area contributed by atoms with Gasteiger partial charge < -0.3 is 10.5 Å². The predicted molar refractivity (Wildman–Crippen MR) is 90.5 cm³/mol. The zero-order chi connectivity index (χ0) is 17.4. The van der Waals surface area contributed by atoms with E-state index in [1.165, 1.54) is 6.07 Å². The Balaban J connectivity index is 1.68. The maximum absolute atomic E-state index is 14.4. The third-order valence-electron chi connectivity index (χ3n) is 4.35. The molecule has 0 saturated heterocycles. The van der Waals surface area contributed by atoms with Crippen molar-refractivity contribution in [3.8, 4) is 11.4 Å². The lowest BCUT2D eigenvalue weighted by atomic mass is 9.97. The van der Waals surface area contributed by atoms with Crippen LogP contribution in [0.1, 0.15) is 27.0 Å². The Bertz CT molecular complexity index is 934. The molecule has 1 aliphatic rings. The van der Waals surface area contributed by atoms with Crippen LogP contribution in [0.4, 0.5) is 4.39 Å². The molecule has 0 spiro atoms. The lowest BCUT2D eigenvalue weighted by Gasteiger charge is -2.12. The Labute approximate surface area is 143 Å². The van der Waals surface area contributed by atoms with Gasteiger partial charge in [0.1, 0.15) is 11.6 Å². The Morgan fingerprint density at radius 3 is 2.80 bits per heavy atom. The van der Waals surface area contributed by atoms with E-state index in [4.69, 9.17) is 10.5 Å². The lowest BCUT2D eigenvalue weighted by molar-refractivity contribution is 0.0996. The van der Waals surface area contributed by atoms with Gasteiger partial charge in [-0.2, -0.15) is 5.10 Å². The quantitative estimate of drug-likeness (QED) is 0.796.